The molecule has 26 heavy (non-hydrogen) atoms. The van der Waals surface area contributed by atoms with Gasteiger partial charge in [0.15, 0.2) is 0 Å². The van der Waals surface area contributed by atoms with Gasteiger partial charge in [-0.1, -0.05) is 42.5 Å². The predicted octanol–water partition coefficient (Wildman–Crippen LogP) is 2.72. The minimum Gasteiger partial charge on any atom is -0.481 e. The number of benzene rings is 2. The number of ether oxygens (including phenoxy) is 1. The van der Waals surface area contributed by atoms with Crippen LogP contribution in [-0.2, 0) is 20.7 Å². The number of carbonyl (C=O) groups excluding carboxylic acids is 1. The second-order valence-corrected chi connectivity index (χ2v) is 7.44. The molecule has 136 valence electrons. The second kappa shape index (κ2) is 6.72. The first-order chi connectivity index (χ1) is 12.6. The quantitative estimate of drug-likeness (QED) is 0.918. The zero-order valence-corrected chi connectivity index (χ0v) is 14.7. The van der Waals surface area contributed by atoms with Gasteiger partial charge in [-0.05, 0) is 29.2 Å². The number of aryl methyl sites for hydroxylation is 1. The molecule has 0 radical (unpaired) electrons. The largest absolute Gasteiger partial charge is 0.481 e. The maximum atomic E-state index is 12.7. The van der Waals surface area contributed by atoms with E-state index in [9.17, 15) is 14.7 Å². The number of amides is 1. The topological polar surface area (TPSA) is 66.8 Å². The highest BCUT2D eigenvalue weighted by atomic mass is 16.5. The maximum absolute atomic E-state index is 12.7. The number of carboxylic acids is 1. The lowest BCUT2D eigenvalue weighted by atomic mass is 9.74. The molecule has 0 spiro atoms. The Hall–Kier alpha value is -2.40. The molecule has 0 unspecified atom stereocenters. The average molecular weight is 353 g/mol. The molecule has 2 atom stereocenters. The van der Waals surface area contributed by atoms with Gasteiger partial charge in [0.2, 0.25) is 5.91 Å². The van der Waals surface area contributed by atoms with Crippen LogP contribution in [0, 0.1) is 11.3 Å². The second-order valence-electron chi connectivity index (χ2n) is 7.44. The maximum Gasteiger partial charge on any atom is 0.311 e. The molecule has 0 aromatic heterocycles. The Labute approximate surface area is 152 Å². The summed E-state index contributed by atoms with van der Waals surface area (Å²) in [6.45, 7) is 1.69. The van der Waals surface area contributed by atoms with Gasteiger partial charge >= 0.3 is 5.97 Å². The summed E-state index contributed by atoms with van der Waals surface area (Å²) in [5.74, 6) is -0.859. The van der Waals surface area contributed by atoms with Crippen LogP contribution in [0.3, 0.4) is 0 Å². The fourth-order valence-corrected chi connectivity index (χ4v) is 4.29. The molecule has 1 amide bonds. The molecule has 2 aromatic carbocycles. The molecule has 5 nitrogen and oxygen atoms in total. The van der Waals surface area contributed by atoms with Crippen LogP contribution < -0.4 is 0 Å². The summed E-state index contributed by atoms with van der Waals surface area (Å²) in [5.41, 5.74) is 0.307. The van der Waals surface area contributed by atoms with E-state index in [1.807, 2.05) is 12.1 Å². The molecule has 5 heteroatoms. The summed E-state index contributed by atoms with van der Waals surface area (Å²) in [7, 11) is 0. The van der Waals surface area contributed by atoms with E-state index in [0.29, 0.717) is 45.6 Å². The van der Waals surface area contributed by atoms with Crippen molar-refractivity contribution < 1.29 is 19.4 Å². The molecule has 2 fully saturated rings. The smallest absolute Gasteiger partial charge is 0.311 e. The Morgan fingerprint density at radius 3 is 2.77 bits per heavy atom. The van der Waals surface area contributed by atoms with Crippen molar-refractivity contribution in [2.75, 3.05) is 26.3 Å². The number of hydrogen-bond donors (Lipinski definition) is 1. The van der Waals surface area contributed by atoms with Gasteiger partial charge in [-0.25, -0.2) is 0 Å². The van der Waals surface area contributed by atoms with Gasteiger partial charge in [-0.2, -0.15) is 0 Å². The summed E-state index contributed by atoms with van der Waals surface area (Å²) in [5, 5.41) is 12.1. The number of likely N-dealkylation sites (tertiary alicyclic amines) is 1. The van der Waals surface area contributed by atoms with Crippen molar-refractivity contribution in [2.24, 2.45) is 11.3 Å². The summed E-state index contributed by atoms with van der Waals surface area (Å²) >= 11 is 0. The van der Waals surface area contributed by atoms with E-state index in [1.165, 1.54) is 10.8 Å². The van der Waals surface area contributed by atoms with Crippen LogP contribution in [0.1, 0.15) is 18.4 Å². The van der Waals surface area contributed by atoms with Gasteiger partial charge in [0, 0.05) is 32.0 Å². The predicted molar refractivity (Wildman–Crippen MR) is 97.8 cm³/mol. The van der Waals surface area contributed by atoms with Gasteiger partial charge in [0.1, 0.15) is 0 Å². The molecule has 2 aliphatic heterocycles. The van der Waals surface area contributed by atoms with Gasteiger partial charge in [-0.3, -0.25) is 9.59 Å². The van der Waals surface area contributed by atoms with Crippen LogP contribution in [0.2, 0.25) is 0 Å². The minimum absolute atomic E-state index is 0.0354. The Morgan fingerprint density at radius 2 is 2.00 bits per heavy atom. The zero-order valence-electron chi connectivity index (χ0n) is 14.7. The van der Waals surface area contributed by atoms with Crippen LogP contribution in [0.4, 0.5) is 0 Å². The van der Waals surface area contributed by atoms with Crippen LogP contribution in [-0.4, -0.2) is 48.2 Å². The molecule has 2 aromatic rings. The van der Waals surface area contributed by atoms with Gasteiger partial charge < -0.3 is 14.7 Å². The lowest BCUT2D eigenvalue weighted by Crippen LogP contribution is -2.45. The molecule has 0 saturated carbocycles. The van der Waals surface area contributed by atoms with Crippen molar-refractivity contribution in [3.05, 3.63) is 48.0 Å². The molecule has 2 saturated heterocycles. The highest BCUT2D eigenvalue weighted by Gasteiger charge is 2.54. The number of aliphatic carboxylic acids is 1. The minimum atomic E-state index is -0.823. The van der Waals surface area contributed by atoms with Crippen molar-refractivity contribution in [3.63, 3.8) is 0 Å². The van der Waals surface area contributed by atoms with Crippen molar-refractivity contribution in [3.8, 4) is 0 Å². The Bertz CT molecular complexity index is 849. The molecule has 2 heterocycles. The van der Waals surface area contributed by atoms with Gasteiger partial charge in [0.05, 0.1) is 12.0 Å². The molecule has 2 aliphatic rings. The number of hydrogen-bond acceptors (Lipinski definition) is 3. The summed E-state index contributed by atoms with van der Waals surface area (Å²) in [6.07, 6.45) is 1.56. The first kappa shape index (κ1) is 17.0. The number of carbonyl (C=O) groups is 2. The third-order valence-corrected chi connectivity index (χ3v) is 5.93. The number of fused-ring (bicyclic) bond motifs is 2. The molecular formula is C21H23NO4. The molecule has 0 bridgehead atoms. The van der Waals surface area contributed by atoms with Crippen LogP contribution in [0.15, 0.2) is 42.5 Å². The van der Waals surface area contributed by atoms with Crippen LogP contribution in [0.25, 0.3) is 10.8 Å². The van der Waals surface area contributed by atoms with Crippen LogP contribution >= 0.6 is 0 Å². The third kappa shape index (κ3) is 2.97. The van der Waals surface area contributed by atoms with E-state index in [-0.39, 0.29) is 11.8 Å². The first-order valence-electron chi connectivity index (χ1n) is 9.15. The molecular weight excluding hydrogens is 330 g/mol. The van der Waals surface area contributed by atoms with E-state index in [0.717, 1.165) is 5.56 Å². The van der Waals surface area contributed by atoms with E-state index in [4.69, 9.17) is 4.74 Å². The van der Waals surface area contributed by atoms with Gasteiger partial charge in [-0.15, -0.1) is 0 Å². The van der Waals surface area contributed by atoms with E-state index < -0.39 is 11.4 Å². The standard InChI is InChI=1S/C21H23NO4/c23-19(8-6-15-5-7-16-3-1-2-4-17(16)11-15)22-12-18-13-26-10-9-21(18,14-22)20(24)25/h1-5,7,11,18H,6,8-10,12-14H2,(H,24,25)/t18-,21+/m0/s1. The molecule has 1 N–H and O–H groups in total. The summed E-state index contributed by atoms with van der Waals surface area (Å²) in [4.78, 5) is 26.2. The van der Waals surface area contributed by atoms with Crippen molar-refractivity contribution in [1.82, 2.24) is 4.90 Å². The Morgan fingerprint density at radius 1 is 1.19 bits per heavy atom. The summed E-state index contributed by atoms with van der Waals surface area (Å²) in [6, 6.07) is 14.4. The molecule has 0 aliphatic carbocycles. The highest BCUT2D eigenvalue weighted by molar-refractivity contribution is 5.84. The fraction of sp³-hybridized carbons (Fsp3) is 0.429. The van der Waals surface area contributed by atoms with Crippen molar-refractivity contribution >= 4 is 22.6 Å². The third-order valence-electron chi connectivity index (χ3n) is 5.93. The van der Waals surface area contributed by atoms with E-state index in [1.54, 1.807) is 4.90 Å². The average Bonchev–Trinajstić information content (AvgIpc) is 3.07. The van der Waals surface area contributed by atoms with Crippen molar-refractivity contribution in [1.29, 1.82) is 0 Å². The Kier molecular flexibility index (Phi) is 4.41. The van der Waals surface area contributed by atoms with Gasteiger partial charge in [0.25, 0.3) is 0 Å². The Balaban J connectivity index is 1.42. The monoisotopic (exact) mass is 353 g/mol. The summed E-state index contributed by atoms with van der Waals surface area (Å²) < 4.78 is 5.46. The first-order valence-corrected chi connectivity index (χ1v) is 9.15. The lowest BCUT2D eigenvalue weighted by Gasteiger charge is -2.33. The number of nitrogens with zero attached hydrogens (tertiary/aromatic N) is 1. The zero-order chi connectivity index (χ0) is 18.1. The highest BCUT2D eigenvalue weighted by Crippen LogP contribution is 2.42. The number of carboxylic acid groups (broad SMARTS) is 1. The normalized spacial score (nSPS) is 25.2. The van der Waals surface area contributed by atoms with Crippen molar-refractivity contribution in [2.45, 2.75) is 19.3 Å². The van der Waals surface area contributed by atoms with Crippen LogP contribution in [0.5, 0.6) is 0 Å². The SMILES string of the molecule is O=C(CCc1ccc2ccccc2c1)N1C[C@H]2COCC[C@@]2(C(=O)O)C1. The van der Waals surface area contributed by atoms with E-state index in [2.05, 4.69) is 30.3 Å². The number of rotatable bonds is 4. The lowest BCUT2D eigenvalue weighted by molar-refractivity contribution is -0.157. The fourth-order valence-electron chi connectivity index (χ4n) is 4.29. The molecule has 4 rings (SSSR count). The van der Waals surface area contributed by atoms with E-state index >= 15 is 0 Å².